The standard InChI is InChI=1S/C28H35N5O6/c1-31-18-29-12-22(31)27(36)32-8-3-9-38-23-5-2-4-20-21-13-33(26(35)19-6-10-37-11-7-19)16-28(21,17-39-25(20)23)15-30-24(34)14-32/h2,4-5,12,18-19,21H,3,6-11,13-17H2,1H3,(H,30,34)/t21-,28+/m0/s1. The van der Waals surface area contributed by atoms with Crippen LogP contribution in [0.15, 0.2) is 30.7 Å². The maximum absolute atomic E-state index is 13.5. The minimum absolute atomic E-state index is 0.0102. The number of nitrogens with zero attached hydrogens (tertiary/aromatic N) is 4. The zero-order chi connectivity index (χ0) is 27.0. The number of carbonyl (C=O) groups is 3. The van der Waals surface area contributed by atoms with Crippen LogP contribution in [0.1, 0.15) is 41.2 Å². The molecular weight excluding hydrogens is 502 g/mol. The van der Waals surface area contributed by atoms with Crippen molar-refractivity contribution in [3.63, 3.8) is 0 Å². The van der Waals surface area contributed by atoms with Gasteiger partial charge in [0, 0.05) is 69.3 Å². The van der Waals surface area contributed by atoms with E-state index in [4.69, 9.17) is 14.2 Å². The van der Waals surface area contributed by atoms with E-state index in [1.165, 1.54) is 6.20 Å². The number of para-hydroxylation sites is 1. The number of aryl methyl sites for hydroxylation is 1. The Kier molecular flexibility index (Phi) is 6.92. The van der Waals surface area contributed by atoms with Crippen LogP contribution in [0.2, 0.25) is 0 Å². The molecule has 4 bridgehead atoms. The molecule has 2 fully saturated rings. The lowest BCUT2D eigenvalue weighted by molar-refractivity contribution is -0.137. The molecule has 2 aromatic rings. The van der Waals surface area contributed by atoms with Gasteiger partial charge in [-0.1, -0.05) is 12.1 Å². The zero-order valence-electron chi connectivity index (χ0n) is 22.3. The van der Waals surface area contributed by atoms with Gasteiger partial charge >= 0.3 is 0 Å². The molecule has 3 amide bonds. The monoisotopic (exact) mass is 537 g/mol. The van der Waals surface area contributed by atoms with Crippen molar-refractivity contribution in [1.29, 1.82) is 0 Å². The SMILES string of the molecule is Cn1cncc1C(=O)N1CCCOc2cccc3c2OC[C@@]2(CNC(=O)C1)CN(C(=O)C1CCOCC1)C[C@@H]32. The van der Waals surface area contributed by atoms with Crippen LogP contribution in [0.3, 0.4) is 0 Å². The van der Waals surface area contributed by atoms with E-state index < -0.39 is 5.41 Å². The Hall–Kier alpha value is -3.60. The summed E-state index contributed by atoms with van der Waals surface area (Å²) in [5, 5.41) is 3.10. The summed E-state index contributed by atoms with van der Waals surface area (Å²) in [5.41, 5.74) is 0.951. The van der Waals surface area contributed by atoms with Crippen LogP contribution in [-0.4, -0.2) is 96.2 Å². The lowest BCUT2D eigenvalue weighted by atomic mass is 9.73. The number of aromatic nitrogens is 2. The van der Waals surface area contributed by atoms with Crippen molar-refractivity contribution in [2.45, 2.75) is 25.2 Å². The molecule has 5 aliphatic rings. The average Bonchev–Trinajstić information content (AvgIpc) is 3.57. The van der Waals surface area contributed by atoms with Gasteiger partial charge in [-0.3, -0.25) is 14.4 Å². The van der Waals surface area contributed by atoms with Gasteiger partial charge in [-0.05, 0) is 25.3 Å². The quantitative estimate of drug-likeness (QED) is 0.612. The number of ether oxygens (including phenoxy) is 3. The van der Waals surface area contributed by atoms with Gasteiger partial charge in [0.25, 0.3) is 5.91 Å². The van der Waals surface area contributed by atoms with Crippen molar-refractivity contribution in [2.75, 3.05) is 59.2 Å². The van der Waals surface area contributed by atoms with Crippen molar-refractivity contribution < 1.29 is 28.6 Å². The van der Waals surface area contributed by atoms with E-state index in [9.17, 15) is 14.4 Å². The molecule has 0 radical (unpaired) electrons. The Morgan fingerprint density at radius 2 is 1.97 bits per heavy atom. The highest BCUT2D eigenvalue weighted by molar-refractivity contribution is 5.95. The molecule has 1 N–H and O–H groups in total. The van der Waals surface area contributed by atoms with Crippen LogP contribution in [0, 0.1) is 11.3 Å². The number of likely N-dealkylation sites (tertiary alicyclic amines) is 1. The Morgan fingerprint density at radius 1 is 1.13 bits per heavy atom. The van der Waals surface area contributed by atoms with Gasteiger partial charge in [-0.2, -0.15) is 0 Å². The first-order chi connectivity index (χ1) is 18.9. The van der Waals surface area contributed by atoms with Crippen molar-refractivity contribution in [2.24, 2.45) is 18.4 Å². The maximum Gasteiger partial charge on any atom is 0.272 e. The molecule has 11 nitrogen and oxygen atoms in total. The van der Waals surface area contributed by atoms with Crippen LogP contribution >= 0.6 is 0 Å². The molecule has 5 aliphatic heterocycles. The number of imidazole rings is 1. The Morgan fingerprint density at radius 3 is 2.77 bits per heavy atom. The molecule has 2 saturated heterocycles. The fourth-order valence-corrected chi connectivity index (χ4v) is 6.35. The number of amides is 3. The van der Waals surface area contributed by atoms with Crippen molar-refractivity contribution in [3.05, 3.63) is 42.0 Å². The fourth-order valence-electron chi connectivity index (χ4n) is 6.35. The molecule has 1 aromatic heterocycles. The lowest BCUT2D eigenvalue weighted by Crippen LogP contribution is -2.51. The molecule has 208 valence electrons. The number of nitrogens with one attached hydrogen (secondary N) is 1. The van der Waals surface area contributed by atoms with E-state index in [1.807, 2.05) is 23.1 Å². The Balaban J connectivity index is 1.28. The molecule has 39 heavy (non-hydrogen) atoms. The van der Waals surface area contributed by atoms with Crippen molar-refractivity contribution >= 4 is 17.7 Å². The number of benzene rings is 1. The highest BCUT2D eigenvalue weighted by atomic mass is 16.5. The van der Waals surface area contributed by atoms with Crippen molar-refractivity contribution in [3.8, 4) is 11.5 Å². The van der Waals surface area contributed by atoms with E-state index in [1.54, 1.807) is 22.8 Å². The highest BCUT2D eigenvalue weighted by Gasteiger charge is 2.53. The molecule has 7 rings (SSSR count). The van der Waals surface area contributed by atoms with E-state index in [0.717, 1.165) is 18.4 Å². The minimum Gasteiger partial charge on any atom is -0.490 e. The molecular formula is C28H35N5O6. The predicted octanol–water partition coefficient (Wildman–Crippen LogP) is 1.19. The summed E-state index contributed by atoms with van der Waals surface area (Å²) in [6.07, 6.45) is 5.09. The predicted molar refractivity (Wildman–Crippen MR) is 139 cm³/mol. The molecule has 11 heteroatoms. The minimum atomic E-state index is -0.483. The van der Waals surface area contributed by atoms with Gasteiger partial charge in [0.05, 0.1) is 32.3 Å². The second-order valence-electron chi connectivity index (χ2n) is 11.1. The molecule has 1 spiro atoms. The largest absolute Gasteiger partial charge is 0.490 e. The molecule has 0 aliphatic carbocycles. The van der Waals surface area contributed by atoms with E-state index in [-0.39, 0.29) is 36.1 Å². The summed E-state index contributed by atoms with van der Waals surface area (Å²) in [7, 11) is 1.76. The number of hydrogen-bond donors (Lipinski definition) is 1. The topological polar surface area (TPSA) is 115 Å². The molecule has 0 unspecified atom stereocenters. The van der Waals surface area contributed by atoms with Gasteiger partial charge in [-0.25, -0.2) is 4.98 Å². The third-order valence-corrected chi connectivity index (χ3v) is 8.54. The summed E-state index contributed by atoms with van der Waals surface area (Å²) < 4.78 is 19.6. The number of rotatable bonds is 2. The van der Waals surface area contributed by atoms with E-state index >= 15 is 0 Å². The summed E-state index contributed by atoms with van der Waals surface area (Å²) in [4.78, 5) is 47.6. The number of hydrogen-bond acceptors (Lipinski definition) is 7. The van der Waals surface area contributed by atoms with Gasteiger partial charge < -0.3 is 33.9 Å². The van der Waals surface area contributed by atoms with Crippen LogP contribution in [0.4, 0.5) is 0 Å². The molecule has 0 saturated carbocycles. The third kappa shape index (κ3) is 4.84. The van der Waals surface area contributed by atoms with Crippen LogP contribution in [0.5, 0.6) is 11.5 Å². The molecule has 6 heterocycles. The van der Waals surface area contributed by atoms with Crippen molar-refractivity contribution in [1.82, 2.24) is 24.7 Å². The second kappa shape index (κ2) is 10.5. The second-order valence-corrected chi connectivity index (χ2v) is 11.1. The maximum atomic E-state index is 13.5. The summed E-state index contributed by atoms with van der Waals surface area (Å²) in [6, 6.07) is 5.91. The third-order valence-electron chi connectivity index (χ3n) is 8.54. The van der Waals surface area contributed by atoms with Crippen LogP contribution < -0.4 is 14.8 Å². The highest BCUT2D eigenvalue weighted by Crippen LogP contribution is 2.52. The Bertz CT molecular complexity index is 1260. The van der Waals surface area contributed by atoms with Crippen LogP contribution in [0.25, 0.3) is 0 Å². The van der Waals surface area contributed by atoms with E-state index in [0.29, 0.717) is 76.2 Å². The Labute approximate surface area is 227 Å². The van der Waals surface area contributed by atoms with E-state index in [2.05, 4.69) is 10.3 Å². The smallest absolute Gasteiger partial charge is 0.272 e. The summed E-state index contributed by atoms with van der Waals surface area (Å²) >= 11 is 0. The average molecular weight is 538 g/mol. The fraction of sp³-hybridized carbons (Fsp3) is 0.571. The molecule has 1 aromatic carbocycles. The number of fused-ring (bicyclic) bond motifs is 9. The molecule has 2 atom stereocenters. The summed E-state index contributed by atoms with van der Waals surface area (Å²) in [6.45, 7) is 3.62. The van der Waals surface area contributed by atoms with Gasteiger partial charge in [-0.15, -0.1) is 0 Å². The zero-order valence-corrected chi connectivity index (χ0v) is 22.3. The van der Waals surface area contributed by atoms with Gasteiger partial charge in [0.2, 0.25) is 11.8 Å². The van der Waals surface area contributed by atoms with Crippen LogP contribution in [-0.2, 0) is 21.4 Å². The van der Waals surface area contributed by atoms with Gasteiger partial charge in [0.15, 0.2) is 11.5 Å². The first-order valence-corrected chi connectivity index (χ1v) is 13.7. The first-order valence-electron chi connectivity index (χ1n) is 13.7. The normalized spacial score (nSPS) is 25.8. The first kappa shape index (κ1) is 25.7. The lowest BCUT2D eigenvalue weighted by Gasteiger charge is -2.40. The summed E-state index contributed by atoms with van der Waals surface area (Å²) in [5.74, 6) is 0.983. The number of carbonyl (C=O) groups excluding carboxylic acids is 3. The van der Waals surface area contributed by atoms with Gasteiger partial charge in [0.1, 0.15) is 5.69 Å².